The lowest BCUT2D eigenvalue weighted by Crippen LogP contribution is -2.23. The van der Waals surface area contributed by atoms with Gasteiger partial charge in [-0.2, -0.15) is 5.10 Å². The number of nitrogens with zero attached hydrogens (tertiary/aromatic N) is 3. The third kappa shape index (κ3) is 3.72. The van der Waals surface area contributed by atoms with E-state index in [1.54, 1.807) is 0 Å². The Labute approximate surface area is 119 Å². The van der Waals surface area contributed by atoms with Crippen molar-refractivity contribution in [3.63, 3.8) is 0 Å². The van der Waals surface area contributed by atoms with Crippen LogP contribution in [0.5, 0.6) is 5.75 Å². The number of rotatable bonds is 6. The number of aromatic carboxylic acids is 1. The van der Waals surface area contributed by atoms with Crippen molar-refractivity contribution in [2.24, 2.45) is 0 Å². The van der Waals surface area contributed by atoms with Crippen LogP contribution in [-0.4, -0.2) is 52.5 Å². The van der Waals surface area contributed by atoms with Gasteiger partial charge in [-0.1, -0.05) is 6.42 Å². The van der Waals surface area contributed by atoms with Crippen LogP contribution in [-0.2, 0) is 6.54 Å². The van der Waals surface area contributed by atoms with Crippen LogP contribution >= 0.6 is 0 Å². The summed E-state index contributed by atoms with van der Waals surface area (Å²) in [4.78, 5) is 13.4. The zero-order valence-corrected chi connectivity index (χ0v) is 12.2. The monoisotopic (exact) mass is 281 g/mol. The van der Waals surface area contributed by atoms with Gasteiger partial charge in [0.25, 0.3) is 0 Å². The van der Waals surface area contributed by atoms with Gasteiger partial charge in [0, 0.05) is 6.54 Å². The predicted octanol–water partition coefficient (Wildman–Crippen LogP) is 1.85. The maximum Gasteiger partial charge on any atom is 0.358 e. The Morgan fingerprint density at radius 1 is 1.45 bits per heavy atom. The van der Waals surface area contributed by atoms with Crippen molar-refractivity contribution in [2.75, 3.05) is 20.6 Å². The highest BCUT2D eigenvalue weighted by atomic mass is 16.5. The Hall–Kier alpha value is -1.56. The van der Waals surface area contributed by atoms with Gasteiger partial charge < -0.3 is 14.7 Å². The van der Waals surface area contributed by atoms with Gasteiger partial charge in [-0.15, -0.1) is 0 Å². The second-order valence-electron chi connectivity index (χ2n) is 5.57. The third-order valence-corrected chi connectivity index (χ3v) is 3.61. The highest BCUT2D eigenvalue weighted by Gasteiger charge is 2.23. The van der Waals surface area contributed by atoms with Crippen molar-refractivity contribution in [3.05, 3.63) is 11.9 Å². The molecule has 0 unspecified atom stereocenters. The van der Waals surface area contributed by atoms with Gasteiger partial charge in [0.2, 0.25) is 0 Å². The number of hydrogen-bond donors (Lipinski definition) is 1. The summed E-state index contributed by atoms with van der Waals surface area (Å²) < 4.78 is 7.37. The first-order chi connectivity index (χ1) is 9.58. The fraction of sp³-hybridized carbons (Fsp3) is 0.714. The van der Waals surface area contributed by atoms with Crippen LogP contribution in [0, 0.1) is 0 Å². The van der Waals surface area contributed by atoms with Gasteiger partial charge in [0.05, 0.1) is 18.8 Å². The molecule has 0 spiro atoms. The average molecular weight is 281 g/mol. The molecule has 1 aromatic rings. The topological polar surface area (TPSA) is 67.6 Å². The Morgan fingerprint density at radius 3 is 2.75 bits per heavy atom. The lowest BCUT2D eigenvalue weighted by atomic mass is 9.98. The molecular formula is C14H23N3O3. The van der Waals surface area contributed by atoms with Crippen molar-refractivity contribution < 1.29 is 14.6 Å². The lowest BCUT2D eigenvalue weighted by molar-refractivity contribution is 0.0671. The number of carboxylic acid groups (broad SMARTS) is 1. The van der Waals surface area contributed by atoms with E-state index in [1.807, 2.05) is 19.0 Å². The normalized spacial score (nSPS) is 16.6. The summed E-state index contributed by atoms with van der Waals surface area (Å²) in [7, 11) is 3.90. The zero-order valence-electron chi connectivity index (χ0n) is 12.2. The maximum absolute atomic E-state index is 11.4. The molecular weight excluding hydrogens is 258 g/mol. The molecule has 20 heavy (non-hydrogen) atoms. The Morgan fingerprint density at radius 2 is 2.15 bits per heavy atom. The van der Waals surface area contributed by atoms with Crippen LogP contribution < -0.4 is 4.74 Å². The number of carbonyl (C=O) groups is 1. The van der Waals surface area contributed by atoms with Crippen LogP contribution in [0.4, 0.5) is 0 Å². The number of aromatic nitrogens is 2. The van der Waals surface area contributed by atoms with Crippen molar-refractivity contribution in [1.82, 2.24) is 14.7 Å². The molecule has 1 saturated carbocycles. The molecule has 1 aromatic heterocycles. The summed E-state index contributed by atoms with van der Waals surface area (Å²) in [5, 5.41) is 13.5. The van der Waals surface area contributed by atoms with Crippen LogP contribution in [0.2, 0.25) is 0 Å². The van der Waals surface area contributed by atoms with Crippen LogP contribution in [0.1, 0.15) is 42.6 Å². The molecule has 2 rings (SSSR count). The van der Waals surface area contributed by atoms with E-state index in [1.165, 1.54) is 17.3 Å². The highest BCUT2D eigenvalue weighted by Crippen LogP contribution is 2.26. The van der Waals surface area contributed by atoms with E-state index < -0.39 is 5.97 Å². The number of hydrogen-bond acceptors (Lipinski definition) is 4. The minimum atomic E-state index is -0.980. The summed E-state index contributed by atoms with van der Waals surface area (Å²) in [6.07, 6.45) is 7.23. The van der Waals surface area contributed by atoms with Crippen LogP contribution in [0.25, 0.3) is 0 Å². The first-order valence-corrected chi connectivity index (χ1v) is 7.18. The van der Waals surface area contributed by atoms with Gasteiger partial charge in [0.15, 0.2) is 11.4 Å². The molecule has 6 heteroatoms. The van der Waals surface area contributed by atoms with Crippen molar-refractivity contribution in [2.45, 2.75) is 44.8 Å². The van der Waals surface area contributed by atoms with Crippen molar-refractivity contribution >= 4 is 5.97 Å². The van der Waals surface area contributed by atoms with E-state index in [0.29, 0.717) is 12.3 Å². The predicted molar refractivity (Wildman–Crippen MR) is 75.2 cm³/mol. The molecule has 0 bridgehead atoms. The van der Waals surface area contributed by atoms with E-state index in [0.717, 1.165) is 32.2 Å². The quantitative estimate of drug-likeness (QED) is 0.862. The van der Waals surface area contributed by atoms with E-state index in [-0.39, 0.29) is 11.8 Å². The summed E-state index contributed by atoms with van der Waals surface area (Å²) in [5.41, 5.74) is 0.164. The van der Waals surface area contributed by atoms with E-state index in [4.69, 9.17) is 4.74 Å². The van der Waals surface area contributed by atoms with Crippen molar-refractivity contribution in [3.8, 4) is 5.75 Å². The van der Waals surface area contributed by atoms with Crippen LogP contribution in [0.15, 0.2) is 6.20 Å². The van der Waals surface area contributed by atoms with Crippen molar-refractivity contribution in [1.29, 1.82) is 0 Å². The molecule has 112 valence electrons. The lowest BCUT2D eigenvalue weighted by Gasteiger charge is -2.22. The number of ether oxygens (including phenoxy) is 1. The molecule has 0 amide bonds. The largest absolute Gasteiger partial charge is 0.486 e. The number of likely N-dealkylation sites (N-methyl/N-ethyl adjacent to an activating group) is 1. The molecule has 1 fully saturated rings. The molecule has 0 aliphatic heterocycles. The Balaban J connectivity index is 2.09. The van der Waals surface area contributed by atoms with Gasteiger partial charge in [-0.25, -0.2) is 4.79 Å². The maximum atomic E-state index is 11.4. The fourth-order valence-electron chi connectivity index (χ4n) is 2.50. The molecule has 0 atom stereocenters. The molecule has 0 radical (unpaired) electrons. The van der Waals surface area contributed by atoms with E-state index >= 15 is 0 Å². The highest BCUT2D eigenvalue weighted by molar-refractivity contribution is 5.88. The zero-order chi connectivity index (χ0) is 14.5. The first kappa shape index (κ1) is 14.8. The third-order valence-electron chi connectivity index (χ3n) is 3.61. The van der Waals surface area contributed by atoms with Gasteiger partial charge >= 0.3 is 5.97 Å². The number of carboxylic acids is 1. The Bertz CT molecular complexity index is 451. The second-order valence-corrected chi connectivity index (χ2v) is 5.57. The molecule has 0 saturated heterocycles. The first-order valence-electron chi connectivity index (χ1n) is 7.18. The summed E-state index contributed by atoms with van der Waals surface area (Å²) >= 11 is 0. The molecule has 1 aliphatic rings. The van der Waals surface area contributed by atoms with E-state index in [2.05, 4.69) is 5.10 Å². The van der Waals surface area contributed by atoms with Gasteiger partial charge in [0.1, 0.15) is 0 Å². The fourth-order valence-corrected chi connectivity index (χ4v) is 2.50. The average Bonchev–Trinajstić information content (AvgIpc) is 2.80. The van der Waals surface area contributed by atoms with Crippen LogP contribution in [0.3, 0.4) is 0 Å². The Kier molecular flexibility index (Phi) is 5.00. The minimum Gasteiger partial charge on any atom is -0.486 e. The molecule has 6 nitrogen and oxygen atoms in total. The van der Waals surface area contributed by atoms with E-state index in [9.17, 15) is 9.90 Å². The SMILES string of the molecule is CN(C)CCn1ncc(OC2CCCCC2)c1C(=O)O. The van der Waals surface area contributed by atoms with Gasteiger partial charge in [-0.05, 0) is 39.8 Å². The van der Waals surface area contributed by atoms with Gasteiger partial charge in [-0.3, -0.25) is 4.68 Å². The standard InChI is InChI=1S/C14H23N3O3/c1-16(2)8-9-17-13(14(18)19)12(10-15-17)20-11-6-4-3-5-7-11/h10-11H,3-9H2,1-2H3,(H,18,19). The summed E-state index contributed by atoms with van der Waals surface area (Å²) in [5.74, 6) is -0.574. The second kappa shape index (κ2) is 6.74. The molecule has 1 aliphatic carbocycles. The molecule has 1 heterocycles. The molecule has 1 N–H and O–H groups in total. The minimum absolute atomic E-state index is 0.133. The smallest absolute Gasteiger partial charge is 0.358 e. The summed E-state index contributed by atoms with van der Waals surface area (Å²) in [6, 6.07) is 0. The summed E-state index contributed by atoms with van der Waals surface area (Å²) in [6.45, 7) is 1.29. The molecule has 0 aromatic carbocycles.